The Morgan fingerprint density at radius 1 is 1.28 bits per heavy atom. The van der Waals surface area contributed by atoms with Gasteiger partial charge < -0.3 is 9.73 Å². The van der Waals surface area contributed by atoms with Gasteiger partial charge in [-0.25, -0.2) is 4.79 Å². The van der Waals surface area contributed by atoms with E-state index in [1.165, 1.54) is 0 Å². The van der Waals surface area contributed by atoms with Crippen molar-refractivity contribution >= 4 is 22.9 Å². The Hall–Kier alpha value is -2.81. The first kappa shape index (κ1) is 10.4. The van der Waals surface area contributed by atoms with Gasteiger partial charge >= 0.3 is 6.03 Å². The maximum atomic E-state index is 11.5. The quantitative estimate of drug-likeness (QED) is 0.733. The predicted octanol–water partition coefficient (Wildman–Crippen LogP) is 1.18. The number of nitrogens with zero attached hydrogens (tertiary/aromatic N) is 1. The van der Waals surface area contributed by atoms with Crippen molar-refractivity contribution in [2.24, 2.45) is 0 Å². The normalized spacial score (nSPS) is 18.5. The van der Waals surface area contributed by atoms with Crippen LogP contribution in [0.15, 0.2) is 28.7 Å². The van der Waals surface area contributed by atoms with Gasteiger partial charge in [0, 0.05) is 5.39 Å². The molecule has 0 aliphatic carbocycles. The minimum absolute atomic E-state index is 0.350. The summed E-state index contributed by atoms with van der Waals surface area (Å²) < 4.78 is 5.49. The third-order valence-corrected chi connectivity index (χ3v) is 2.72. The molecule has 1 fully saturated rings. The monoisotopic (exact) mass is 241 g/mol. The fourth-order valence-corrected chi connectivity index (χ4v) is 1.89. The van der Waals surface area contributed by atoms with E-state index < -0.39 is 18.0 Å². The smallest absolute Gasteiger partial charge is 0.322 e. The number of benzene rings is 1. The Kier molecular flexibility index (Phi) is 2.07. The lowest BCUT2D eigenvalue weighted by molar-refractivity contribution is -0.120. The molecular formula is C12H7N3O3. The van der Waals surface area contributed by atoms with Crippen molar-refractivity contribution in [1.82, 2.24) is 10.6 Å². The number of fused-ring (bicyclic) bond motifs is 1. The Bertz CT molecular complexity index is 711. The summed E-state index contributed by atoms with van der Waals surface area (Å²) in [5, 5.41) is 14.1. The summed E-state index contributed by atoms with van der Waals surface area (Å²) in [4.78, 5) is 22.5. The number of amides is 3. The van der Waals surface area contributed by atoms with Crippen LogP contribution in [0.25, 0.3) is 11.0 Å². The number of nitrogens with one attached hydrogen (secondary N) is 2. The number of carbonyl (C=O) groups excluding carboxylic acids is 2. The first-order valence-corrected chi connectivity index (χ1v) is 5.22. The number of carbonyl (C=O) groups is 2. The predicted molar refractivity (Wildman–Crippen MR) is 60.3 cm³/mol. The molecule has 0 spiro atoms. The summed E-state index contributed by atoms with van der Waals surface area (Å²) in [6.07, 6.45) is 0. The lowest BCUT2D eigenvalue weighted by Crippen LogP contribution is -2.22. The number of rotatable bonds is 1. The highest BCUT2D eigenvalue weighted by atomic mass is 16.3. The topological polar surface area (TPSA) is 95.1 Å². The molecule has 6 heteroatoms. The Morgan fingerprint density at radius 3 is 2.78 bits per heavy atom. The largest absolute Gasteiger partial charge is 0.458 e. The highest BCUT2D eigenvalue weighted by Crippen LogP contribution is 2.26. The molecule has 6 nitrogen and oxygen atoms in total. The molecule has 0 radical (unpaired) electrons. The zero-order chi connectivity index (χ0) is 12.7. The van der Waals surface area contributed by atoms with Crippen molar-refractivity contribution in [3.63, 3.8) is 0 Å². The lowest BCUT2D eigenvalue weighted by atomic mass is 10.1. The minimum Gasteiger partial charge on any atom is -0.458 e. The molecule has 1 aliphatic heterocycles. The fourth-order valence-electron chi connectivity index (χ4n) is 1.89. The van der Waals surface area contributed by atoms with Gasteiger partial charge in [0.05, 0.1) is 11.6 Å². The molecule has 3 rings (SSSR count). The number of hydrogen-bond donors (Lipinski definition) is 2. The minimum atomic E-state index is -0.810. The summed E-state index contributed by atoms with van der Waals surface area (Å²) in [5.74, 6) is -0.0944. The summed E-state index contributed by atoms with van der Waals surface area (Å²) in [5.41, 5.74) is 1.08. The van der Waals surface area contributed by atoms with Crippen LogP contribution in [0.2, 0.25) is 0 Å². The lowest BCUT2D eigenvalue weighted by Gasteiger charge is -2.00. The van der Waals surface area contributed by atoms with Gasteiger partial charge in [-0.05, 0) is 24.3 Å². The molecule has 2 heterocycles. The second-order valence-corrected chi connectivity index (χ2v) is 3.91. The van der Waals surface area contributed by atoms with Gasteiger partial charge in [-0.2, -0.15) is 5.26 Å². The van der Waals surface area contributed by atoms with Crippen molar-refractivity contribution in [3.8, 4) is 6.07 Å². The highest BCUT2D eigenvalue weighted by Gasteiger charge is 2.33. The van der Waals surface area contributed by atoms with Crippen molar-refractivity contribution in [3.05, 3.63) is 35.6 Å². The molecule has 1 aromatic heterocycles. The van der Waals surface area contributed by atoms with Crippen molar-refractivity contribution in [2.45, 2.75) is 6.04 Å². The maximum absolute atomic E-state index is 11.5. The van der Waals surface area contributed by atoms with Crippen LogP contribution in [-0.4, -0.2) is 11.9 Å². The van der Waals surface area contributed by atoms with Gasteiger partial charge in [0.25, 0.3) is 5.91 Å². The van der Waals surface area contributed by atoms with E-state index >= 15 is 0 Å². The van der Waals surface area contributed by atoms with Gasteiger partial charge in [-0.15, -0.1) is 0 Å². The second-order valence-electron chi connectivity index (χ2n) is 3.91. The van der Waals surface area contributed by atoms with Crippen LogP contribution in [0.5, 0.6) is 0 Å². The summed E-state index contributed by atoms with van der Waals surface area (Å²) in [7, 11) is 0. The van der Waals surface area contributed by atoms with Gasteiger partial charge in [0.1, 0.15) is 11.3 Å². The molecule has 18 heavy (non-hydrogen) atoms. The molecular weight excluding hydrogens is 234 g/mol. The van der Waals surface area contributed by atoms with Crippen LogP contribution in [0, 0.1) is 11.3 Å². The van der Waals surface area contributed by atoms with Crippen molar-refractivity contribution < 1.29 is 14.0 Å². The van der Waals surface area contributed by atoms with Crippen LogP contribution in [0.3, 0.4) is 0 Å². The highest BCUT2D eigenvalue weighted by molar-refractivity contribution is 6.04. The van der Waals surface area contributed by atoms with E-state index in [0.717, 1.165) is 5.39 Å². The zero-order valence-corrected chi connectivity index (χ0v) is 9.06. The zero-order valence-electron chi connectivity index (χ0n) is 9.06. The molecule has 1 aromatic carbocycles. The Morgan fingerprint density at radius 2 is 2.11 bits per heavy atom. The number of hydrogen-bond acceptors (Lipinski definition) is 4. The van der Waals surface area contributed by atoms with Crippen LogP contribution in [-0.2, 0) is 4.79 Å². The summed E-state index contributed by atoms with van der Waals surface area (Å²) >= 11 is 0. The molecule has 2 aromatic rings. The molecule has 0 saturated carbocycles. The van der Waals surface area contributed by atoms with Crippen LogP contribution in [0.4, 0.5) is 4.79 Å². The van der Waals surface area contributed by atoms with Crippen LogP contribution < -0.4 is 10.6 Å². The van der Waals surface area contributed by atoms with E-state index in [-0.39, 0.29) is 0 Å². The van der Waals surface area contributed by atoms with Crippen LogP contribution in [0.1, 0.15) is 17.4 Å². The SMILES string of the molecule is N#Cc1ccc2oc(C3NC(=O)NC3=O)cc2c1. The van der Waals surface area contributed by atoms with Crippen molar-refractivity contribution in [1.29, 1.82) is 5.26 Å². The first-order valence-electron chi connectivity index (χ1n) is 5.22. The molecule has 1 saturated heterocycles. The van der Waals surface area contributed by atoms with Crippen LogP contribution >= 0.6 is 0 Å². The van der Waals surface area contributed by atoms with E-state index in [1.54, 1.807) is 24.3 Å². The molecule has 1 unspecified atom stereocenters. The maximum Gasteiger partial charge on any atom is 0.322 e. The number of imide groups is 1. The molecule has 88 valence electrons. The van der Waals surface area contributed by atoms with Gasteiger partial charge in [0.2, 0.25) is 0 Å². The third kappa shape index (κ3) is 1.50. The molecule has 1 aliphatic rings. The number of furan rings is 1. The van der Waals surface area contributed by atoms with E-state index in [0.29, 0.717) is 16.9 Å². The second kappa shape index (κ2) is 3.60. The first-order chi connectivity index (χ1) is 8.67. The van der Waals surface area contributed by atoms with Crippen molar-refractivity contribution in [2.75, 3.05) is 0 Å². The summed E-state index contributed by atoms with van der Waals surface area (Å²) in [6, 6.07) is 7.27. The molecule has 1 atom stereocenters. The molecule has 3 amide bonds. The van der Waals surface area contributed by atoms with Gasteiger partial charge in [0.15, 0.2) is 6.04 Å². The summed E-state index contributed by atoms with van der Waals surface area (Å²) in [6.45, 7) is 0. The molecule has 2 N–H and O–H groups in total. The van der Waals surface area contributed by atoms with E-state index in [1.807, 2.05) is 6.07 Å². The van der Waals surface area contributed by atoms with Gasteiger partial charge in [-0.1, -0.05) is 0 Å². The number of urea groups is 1. The standard InChI is InChI=1S/C12H7N3O3/c13-5-6-1-2-8-7(3-6)4-9(18-8)10-11(16)15-12(17)14-10/h1-4,10H,(H2,14,15,16,17). The average molecular weight is 241 g/mol. The van der Waals surface area contributed by atoms with E-state index in [9.17, 15) is 9.59 Å². The molecule has 0 bridgehead atoms. The van der Waals surface area contributed by atoms with E-state index in [2.05, 4.69) is 10.6 Å². The van der Waals surface area contributed by atoms with Gasteiger partial charge in [-0.3, -0.25) is 10.1 Å². The fraction of sp³-hybridized carbons (Fsp3) is 0.0833. The Labute approximate surface area is 101 Å². The van der Waals surface area contributed by atoms with E-state index in [4.69, 9.17) is 9.68 Å². The Balaban J connectivity index is 2.06. The average Bonchev–Trinajstić information content (AvgIpc) is 2.90. The third-order valence-electron chi connectivity index (χ3n) is 2.72. The number of nitriles is 1.